The van der Waals surface area contributed by atoms with Crippen molar-refractivity contribution in [3.05, 3.63) is 35.9 Å². The van der Waals surface area contributed by atoms with E-state index >= 15 is 0 Å². The molecule has 3 rings (SSSR count). The number of amides is 1. The Kier molecular flexibility index (Phi) is 5.01. The molecule has 7 nitrogen and oxygen atoms in total. The predicted molar refractivity (Wildman–Crippen MR) is 96.5 cm³/mol. The van der Waals surface area contributed by atoms with Gasteiger partial charge in [-0.25, -0.2) is 9.97 Å². The first-order valence-corrected chi connectivity index (χ1v) is 8.82. The minimum atomic E-state index is -0.181. The normalized spacial score (nSPS) is 16.4. The monoisotopic (exact) mass is 342 g/mol. The van der Waals surface area contributed by atoms with E-state index in [1.54, 1.807) is 10.9 Å². The Labute approximate surface area is 148 Å². The molecule has 0 N–H and O–H groups in total. The minimum absolute atomic E-state index is 0.153. The van der Waals surface area contributed by atoms with Gasteiger partial charge in [0.2, 0.25) is 11.9 Å². The van der Waals surface area contributed by atoms with Crippen molar-refractivity contribution in [3.8, 4) is 0 Å². The van der Waals surface area contributed by atoms with Crippen LogP contribution in [0.1, 0.15) is 44.0 Å². The molecule has 2 aromatic heterocycles. The molecular formula is C18H26N6O. The molecular weight excluding hydrogens is 316 g/mol. The lowest BCUT2D eigenvalue weighted by molar-refractivity contribution is -0.132. The van der Waals surface area contributed by atoms with Crippen LogP contribution in [-0.4, -0.2) is 56.7 Å². The van der Waals surface area contributed by atoms with Gasteiger partial charge in [-0.15, -0.1) is 0 Å². The number of rotatable bonds is 4. The quantitative estimate of drug-likeness (QED) is 0.847. The number of carbonyl (C=O) groups excluding carboxylic acids is 1. The fourth-order valence-corrected chi connectivity index (χ4v) is 3.17. The lowest BCUT2D eigenvalue weighted by Crippen LogP contribution is -2.50. The first-order chi connectivity index (χ1) is 12.0. The molecule has 0 radical (unpaired) electrons. The average Bonchev–Trinajstić information content (AvgIpc) is 3.06. The third-order valence-corrected chi connectivity index (χ3v) is 4.80. The molecule has 1 unspecified atom stereocenters. The van der Waals surface area contributed by atoms with Crippen LogP contribution in [0.15, 0.2) is 24.5 Å². The van der Waals surface area contributed by atoms with E-state index in [2.05, 4.69) is 33.8 Å². The van der Waals surface area contributed by atoms with Gasteiger partial charge in [-0.05, 0) is 25.0 Å². The summed E-state index contributed by atoms with van der Waals surface area (Å²) in [6, 6.07) is 3.87. The average molecular weight is 342 g/mol. The Hall–Kier alpha value is -2.44. The number of hydrogen-bond acceptors (Lipinski definition) is 5. The van der Waals surface area contributed by atoms with Crippen LogP contribution >= 0.6 is 0 Å². The van der Waals surface area contributed by atoms with Crippen molar-refractivity contribution < 1.29 is 4.79 Å². The van der Waals surface area contributed by atoms with Crippen molar-refractivity contribution in [2.75, 3.05) is 31.1 Å². The van der Waals surface area contributed by atoms with E-state index in [1.165, 1.54) is 0 Å². The lowest BCUT2D eigenvalue weighted by atomic mass is 10.1. The van der Waals surface area contributed by atoms with E-state index in [0.717, 1.165) is 30.4 Å². The Morgan fingerprint density at radius 2 is 1.80 bits per heavy atom. The summed E-state index contributed by atoms with van der Waals surface area (Å²) in [7, 11) is 1.87. The molecule has 134 valence electrons. The number of anilines is 1. The summed E-state index contributed by atoms with van der Waals surface area (Å²) in [5, 5.41) is 4.16. The van der Waals surface area contributed by atoms with Crippen LogP contribution in [0.3, 0.4) is 0 Å². The second kappa shape index (κ2) is 7.21. The maximum absolute atomic E-state index is 12.8. The van der Waals surface area contributed by atoms with Crippen molar-refractivity contribution in [2.45, 2.75) is 32.6 Å². The van der Waals surface area contributed by atoms with Crippen molar-refractivity contribution in [2.24, 2.45) is 7.05 Å². The van der Waals surface area contributed by atoms with Crippen molar-refractivity contribution in [1.29, 1.82) is 0 Å². The van der Waals surface area contributed by atoms with Gasteiger partial charge in [-0.1, -0.05) is 13.8 Å². The molecule has 0 aromatic carbocycles. The molecule has 2 aromatic rings. The van der Waals surface area contributed by atoms with Gasteiger partial charge in [0.25, 0.3) is 0 Å². The van der Waals surface area contributed by atoms with E-state index in [1.807, 2.05) is 37.2 Å². The van der Waals surface area contributed by atoms with Crippen LogP contribution in [0, 0.1) is 0 Å². The van der Waals surface area contributed by atoms with Crippen LogP contribution in [0.25, 0.3) is 0 Å². The molecule has 7 heteroatoms. The van der Waals surface area contributed by atoms with Crippen LogP contribution in [0.2, 0.25) is 0 Å². The van der Waals surface area contributed by atoms with E-state index in [4.69, 9.17) is 0 Å². The van der Waals surface area contributed by atoms with Gasteiger partial charge in [0.15, 0.2) is 0 Å². The van der Waals surface area contributed by atoms with Crippen molar-refractivity contribution in [1.82, 2.24) is 24.6 Å². The molecule has 3 heterocycles. The zero-order chi connectivity index (χ0) is 18.0. The third-order valence-electron chi connectivity index (χ3n) is 4.80. The third kappa shape index (κ3) is 3.65. The molecule has 0 bridgehead atoms. The lowest BCUT2D eigenvalue weighted by Gasteiger charge is -2.36. The van der Waals surface area contributed by atoms with Crippen LogP contribution in [0.4, 0.5) is 5.95 Å². The zero-order valence-corrected chi connectivity index (χ0v) is 15.4. The first-order valence-electron chi connectivity index (χ1n) is 8.82. The molecule has 0 aliphatic carbocycles. The second-order valence-corrected chi connectivity index (χ2v) is 6.85. The largest absolute Gasteiger partial charge is 0.339 e. The second-order valence-electron chi connectivity index (χ2n) is 6.85. The molecule has 1 atom stereocenters. The summed E-state index contributed by atoms with van der Waals surface area (Å²) in [5.74, 6) is 1.11. The molecule has 1 fully saturated rings. The predicted octanol–water partition coefficient (Wildman–Crippen LogP) is 1.79. The van der Waals surface area contributed by atoms with E-state index < -0.39 is 0 Å². The highest BCUT2D eigenvalue weighted by Crippen LogP contribution is 2.20. The molecule has 0 saturated carbocycles. The molecule has 1 saturated heterocycles. The fourth-order valence-electron chi connectivity index (χ4n) is 3.17. The summed E-state index contributed by atoms with van der Waals surface area (Å²) < 4.78 is 1.77. The maximum atomic E-state index is 12.8. The summed E-state index contributed by atoms with van der Waals surface area (Å²) in [4.78, 5) is 25.9. The van der Waals surface area contributed by atoms with Gasteiger partial charge in [-0.3, -0.25) is 9.48 Å². The Morgan fingerprint density at radius 1 is 1.08 bits per heavy atom. The molecule has 1 aliphatic rings. The summed E-state index contributed by atoms with van der Waals surface area (Å²) >= 11 is 0. The van der Waals surface area contributed by atoms with Crippen LogP contribution < -0.4 is 4.90 Å². The number of hydrogen-bond donors (Lipinski definition) is 0. The summed E-state index contributed by atoms with van der Waals surface area (Å²) in [5.41, 5.74) is 1.99. The number of piperazine rings is 1. The van der Waals surface area contributed by atoms with E-state index in [-0.39, 0.29) is 11.8 Å². The summed E-state index contributed by atoms with van der Waals surface area (Å²) in [6.45, 7) is 9.09. The van der Waals surface area contributed by atoms with Gasteiger partial charge in [0, 0.05) is 51.3 Å². The van der Waals surface area contributed by atoms with E-state index in [0.29, 0.717) is 19.0 Å². The Bertz CT molecular complexity index is 733. The highest BCUT2D eigenvalue weighted by molar-refractivity contribution is 5.83. The SMILES string of the molecule is CC(C)c1ccnc(N2CCN(C(=O)C(C)c3ccnn3C)CC2)n1. The van der Waals surface area contributed by atoms with Crippen molar-refractivity contribution in [3.63, 3.8) is 0 Å². The number of aryl methyl sites for hydroxylation is 1. The van der Waals surface area contributed by atoms with Crippen LogP contribution in [-0.2, 0) is 11.8 Å². The minimum Gasteiger partial charge on any atom is -0.339 e. The van der Waals surface area contributed by atoms with Gasteiger partial charge in [-0.2, -0.15) is 5.10 Å². The van der Waals surface area contributed by atoms with E-state index in [9.17, 15) is 4.79 Å². The van der Waals surface area contributed by atoms with Crippen molar-refractivity contribution >= 4 is 11.9 Å². The summed E-state index contributed by atoms with van der Waals surface area (Å²) in [6.07, 6.45) is 3.55. The topological polar surface area (TPSA) is 67.2 Å². The highest BCUT2D eigenvalue weighted by Gasteiger charge is 2.28. The van der Waals surface area contributed by atoms with Crippen LogP contribution in [0.5, 0.6) is 0 Å². The number of carbonyl (C=O) groups is 1. The smallest absolute Gasteiger partial charge is 0.231 e. The van der Waals surface area contributed by atoms with Gasteiger partial charge in [0.1, 0.15) is 0 Å². The fraction of sp³-hybridized carbons (Fsp3) is 0.556. The highest BCUT2D eigenvalue weighted by atomic mass is 16.2. The molecule has 25 heavy (non-hydrogen) atoms. The first kappa shape index (κ1) is 17.4. The zero-order valence-electron chi connectivity index (χ0n) is 15.4. The molecule has 1 aliphatic heterocycles. The molecule has 0 spiro atoms. The number of aromatic nitrogens is 4. The van der Waals surface area contributed by atoms with Gasteiger partial charge >= 0.3 is 0 Å². The van der Waals surface area contributed by atoms with Gasteiger partial charge in [0.05, 0.1) is 11.6 Å². The standard InChI is InChI=1S/C18H26N6O/c1-13(2)15-5-7-19-18(21-15)24-11-9-23(10-12-24)17(25)14(3)16-6-8-20-22(16)4/h5-8,13-14H,9-12H2,1-4H3. The van der Waals surface area contributed by atoms with Gasteiger partial charge < -0.3 is 9.80 Å². The maximum Gasteiger partial charge on any atom is 0.231 e. The molecule has 1 amide bonds. The Balaban J connectivity index is 1.63. The number of nitrogens with zero attached hydrogens (tertiary/aromatic N) is 6. The Morgan fingerprint density at radius 3 is 2.40 bits per heavy atom.